The molecule has 1 saturated heterocycles. The molecule has 9 nitrogen and oxygen atoms in total. The lowest BCUT2D eigenvalue weighted by Gasteiger charge is -2.26. The summed E-state index contributed by atoms with van der Waals surface area (Å²) in [5, 5.41) is 16.1. The Morgan fingerprint density at radius 1 is 1.31 bits per heavy atom. The lowest BCUT2D eigenvalue weighted by molar-refractivity contribution is -0.133. The summed E-state index contributed by atoms with van der Waals surface area (Å²) in [7, 11) is 3.17. The molecule has 1 aromatic heterocycles. The summed E-state index contributed by atoms with van der Waals surface area (Å²) in [4.78, 5) is 25.4. The second kappa shape index (κ2) is 7.42. The number of aromatic carboxylic acids is 1. The number of likely N-dealkylation sites (tertiary alicyclic amines) is 1. The lowest BCUT2D eigenvalue weighted by Crippen LogP contribution is -2.33. The topological polar surface area (TPSA) is 107 Å². The minimum absolute atomic E-state index is 0.0603. The second-order valence-corrected chi connectivity index (χ2v) is 5.96. The van der Waals surface area contributed by atoms with Gasteiger partial charge < -0.3 is 19.5 Å². The molecule has 1 N–H and O–H groups in total. The molecular weight excluding hydrogens is 340 g/mol. The third-order valence-corrected chi connectivity index (χ3v) is 4.43. The molecule has 1 unspecified atom stereocenters. The first kappa shape index (κ1) is 17.7. The van der Waals surface area contributed by atoms with Crippen LogP contribution < -0.4 is 9.47 Å². The Labute approximate surface area is 150 Å². The van der Waals surface area contributed by atoms with Crippen molar-refractivity contribution in [3.8, 4) is 11.5 Å². The van der Waals surface area contributed by atoms with E-state index in [0.717, 1.165) is 18.4 Å². The van der Waals surface area contributed by atoms with E-state index in [1.165, 1.54) is 10.9 Å². The maximum absolute atomic E-state index is 12.7. The van der Waals surface area contributed by atoms with Gasteiger partial charge in [0.25, 0.3) is 0 Å². The summed E-state index contributed by atoms with van der Waals surface area (Å²) in [6.07, 6.45) is 2.95. The number of carbonyl (C=O) groups is 2. The van der Waals surface area contributed by atoms with Crippen LogP contribution in [0.4, 0.5) is 0 Å². The highest BCUT2D eigenvalue weighted by Gasteiger charge is 2.32. The van der Waals surface area contributed by atoms with Gasteiger partial charge in [-0.2, -0.15) is 0 Å². The minimum Gasteiger partial charge on any atom is -0.497 e. The normalized spacial score (nSPS) is 16.5. The van der Waals surface area contributed by atoms with Crippen molar-refractivity contribution < 1.29 is 24.2 Å². The van der Waals surface area contributed by atoms with Crippen LogP contribution in [0.25, 0.3) is 0 Å². The van der Waals surface area contributed by atoms with Crippen LogP contribution in [0.15, 0.2) is 24.4 Å². The van der Waals surface area contributed by atoms with E-state index in [2.05, 4.69) is 10.3 Å². The Balaban J connectivity index is 1.79. The Kier molecular flexibility index (Phi) is 5.06. The minimum atomic E-state index is -1.18. The maximum Gasteiger partial charge on any atom is 0.358 e. The highest BCUT2D eigenvalue weighted by atomic mass is 16.5. The molecule has 2 heterocycles. The van der Waals surface area contributed by atoms with Crippen LogP contribution in [-0.4, -0.2) is 57.6 Å². The van der Waals surface area contributed by atoms with Crippen molar-refractivity contribution in [1.29, 1.82) is 0 Å². The molecule has 1 amide bonds. The first-order chi connectivity index (χ1) is 12.5. The highest BCUT2D eigenvalue weighted by Crippen LogP contribution is 2.38. The van der Waals surface area contributed by atoms with E-state index in [0.29, 0.717) is 18.0 Å². The summed E-state index contributed by atoms with van der Waals surface area (Å²) in [6.45, 7) is 0.564. The summed E-state index contributed by atoms with van der Waals surface area (Å²) < 4.78 is 11.9. The van der Waals surface area contributed by atoms with Crippen LogP contribution in [0.1, 0.15) is 34.9 Å². The summed E-state index contributed by atoms with van der Waals surface area (Å²) in [5.41, 5.74) is 0.733. The Bertz CT molecular complexity index is 819. The van der Waals surface area contributed by atoms with Gasteiger partial charge in [0.05, 0.1) is 26.5 Å². The predicted molar refractivity (Wildman–Crippen MR) is 90.2 cm³/mol. The van der Waals surface area contributed by atoms with Crippen molar-refractivity contribution in [2.75, 3.05) is 20.8 Å². The van der Waals surface area contributed by atoms with E-state index < -0.39 is 5.97 Å². The molecule has 1 aliphatic heterocycles. The number of ether oxygens (including phenoxy) is 2. The van der Waals surface area contributed by atoms with Gasteiger partial charge in [0.2, 0.25) is 5.91 Å². The van der Waals surface area contributed by atoms with Crippen LogP contribution >= 0.6 is 0 Å². The zero-order chi connectivity index (χ0) is 18.7. The van der Waals surface area contributed by atoms with Gasteiger partial charge in [0.15, 0.2) is 5.69 Å². The molecule has 9 heteroatoms. The van der Waals surface area contributed by atoms with Gasteiger partial charge in [-0.15, -0.1) is 5.10 Å². The largest absolute Gasteiger partial charge is 0.497 e. The molecule has 1 atom stereocenters. The molecule has 1 aromatic carbocycles. The molecule has 1 aliphatic rings. The van der Waals surface area contributed by atoms with Crippen molar-refractivity contribution in [3.05, 3.63) is 35.7 Å². The van der Waals surface area contributed by atoms with Crippen molar-refractivity contribution in [2.45, 2.75) is 25.4 Å². The van der Waals surface area contributed by atoms with E-state index in [9.17, 15) is 9.59 Å². The van der Waals surface area contributed by atoms with Gasteiger partial charge in [-0.1, -0.05) is 5.21 Å². The van der Waals surface area contributed by atoms with Crippen LogP contribution in [0, 0.1) is 0 Å². The van der Waals surface area contributed by atoms with Crippen molar-refractivity contribution in [2.24, 2.45) is 0 Å². The number of rotatable bonds is 6. The monoisotopic (exact) mass is 360 g/mol. The highest BCUT2D eigenvalue weighted by molar-refractivity contribution is 5.84. The smallest absolute Gasteiger partial charge is 0.358 e. The van der Waals surface area contributed by atoms with Crippen LogP contribution in [0.5, 0.6) is 11.5 Å². The van der Waals surface area contributed by atoms with Crippen molar-refractivity contribution >= 4 is 11.9 Å². The molecule has 0 bridgehead atoms. The number of carboxylic acid groups (broad SMARTS) is 1. The third-order valence-electron chi connectivity index (χ3n) is 4.43. The van der Waals surface area contributed by atoms with Crippen LogP contribution in [-0.2, 0) is 11.3 Å². The molecule has 3 rings (SSSR count). The number of methoxy groups -OCH3 is 2. The standard InChI is InChI=1S/C17H20N4O5/c1-25-11-5-6-12(15(8-11)26-2)14-4-3-7-21(14)16(22)10-20-9-13(17(23)24)18-19-20/h5-6,8-9,14H,3-4,7,10H2,1-2H3,(H,23,24). The van der Waals surface area contributed by atoms with Gasteiger partial charge in [0, 0.05) is 18.2 Å². The number of carbonyl (C=O) groups excluding carboxylic acids is 1. The molecule has 138 valence electrons. The molecule has 26 heavy (non-hydrogen) atoms. The fourth-order valence-corrected chi connectivity index (χ4v) is 3.19. The van der Waals surface area contributed by atoms with Gasteiger partial charge >= 0.3 is 5.97 Å². The number of aromatic nitrogens is 3. The zero-order valence-electron chi connectivity index (χ0n) is 14.6. The average molecular weight is 360 g/mol. The Morgan fingerprint density at radius 3 is 2.77 bits per heavy atom. The summed E-state index contributed by atoms with van der Waals surface area (Å²) in [6, 6.07) is 5.44. The van der Waals surface area contributed by atoms with Gasteiger partial charge in [-0.25, -0.2) is 9.48 Å². The van der Waals surface area contributed by atoms with E-state index >= 15 is 0 Å². The van der Waals surface area contributed by atoms with Gasteiger partial charge in [-0.3, -0.25) is 4.79 Å². The number of hydrogen-bond acceptors (Lipinski definition) is 6. The summed E-state index contributed by atoms with van der Waals surface area (Å²) >= 11 is 0. The second-order valence-electron chi connectivity index (χ2n) is 5.96. The van der Waals surface area contributed by atoms with Crippen molar-refractivity contribution in [1.82, 2.24) is 19.9 Å². The first-order valence-corrected chi connectivity index (χ1v) is 8.18. The fraction of sp³-hybridized carbons (Fsp3) is 0.412. The van der Waals surface area contributed by atoms with E-state index in [1.54, 1.807) is 25.2 Å². The van der Waals surface area contributed by atoms with Crippen LogP contribution in [0.3, 0.4) is 0 Å². The van der Waals surface area contributed by atoms with Gasteiger partial charge in [-0.05, 0) is 25.0 Å². The van der Waals surface area contributed by atoms with Crippen molar-refractivity contribution in [3.63, 3.8) is 0 Å². The fourth-order valence-electron chi connectivity index (χ4n) is 3.19. The first-order valence-electron chi connectivity index (χ1n) is 8.18. The van der Waals surface area contributed by atoms with E-state index in [-0.39, 0.29) is 24.2 Å². The number of hydrogen-bond donors (Lipinski definition) is 1. The third kappa shape index (κ3) is 3.46. The summed E-state index contributed by atoms with van der Waals surface area (Å²) in [5.74, 6) is 0.0335. The van der Waals surface area contributed by atoms with Gasteiger partial charge in [0.1, 0.15) is 18.0 Å². The SMILES string of the molecule is COc1ccc(C2CCCN2C(=O)Cn2cc(C(=O)O)nn2)c(OC)c1. The molecule has 0 spiro atoms. The quantitative estimate of drug-likeness (QED) is 0.829. The molecule has 0 radical (unpaired) electrons. The number of benzene rings is 1. The molecule has 0 saturated carbocycles. The Hall–Kier alpha value is -3.10. The Morgan fingerprint density at radius 2 is 2.12 bits per heavy atom. The molecule has 1 fully saturated rings. The maximum atomic E-state index is 12.7. The average Bonchev–Trinajstić information content (AvgIpc) is 3.30. The molecule has 2 aromatic rings. The lowest BCUT2D eigenvalue weighted by atomic mass is 10.0. The number of carboxylic acids is 1. The molecule has 0 aliphatic carbocycles. The predicted octanol–water partition coefficient (Wildman–Crippen LogP) is 1.36. The zero-order valence-corrected chi connectivity index (χ0v) is 14.6. The number of nitrogens with zero attached hydrogens (tertiary/aromatic N) is 4. The van der Waals surface area contributed by atoms with Crippen LogP contribution in [0.2, 0.25) is 0 Å². The van der Waals surface area contributed by atoms with E-state index in [1.807, 2.05) is 12.1 Å². The molecular formula is C17H20N4O5. The van der Waals surface area contributed by atoms with E-state index in [4.69, 9.17) is 14.6 Å². The number of amides is 1.